The van der Waals surface area contributed by atoms with Crippen LogP contribution in [0.25, 0.3) is 5.57 Å². The zero-order valence-corrected chi connectivity index (χ0v) is 16.8. The molecule has 0 saturated heterocycles. The number of aliphatic hydroxyl groups excluding tert-OH is 1. The molecule has 0 saturated carbocycles. The smallest absolute Gasteiger partial charge is 0.272 e. The zero-order valence-electron chi connectivity index (χ0n) is 15.3. The maximum atomic E-state index is 13.2. The number of anilines is 1. The van der Waals surface area contributed by atoms with E-state index >= 15 is 0 Å². The van der Waals surface area contributed by atoms with Crippen LogP contribution in [0.2, 0.25) is 5.02 Å². The van der Waals surface area contributed by atoms with Crippen LogP contribution in [0.15, 0.2) is 47.4 Å². The summed E-state index contributed by atoms with van der Waals surface area (Å²) in [5.74, 6) is 0.248. The van der Waals surface area contributed by atoms with Crippen molar-refractivity contribution in [2.45, 2.75) is 0 Å². The summed E-state index contributed by atoms with van der Waals surface area (Å²) in [5, 5.41) is 9.72. The number of nitrogens with zero attached hydrogens (tertiary/aromatic N) is 1. The first-order valence-corrected chi connectivity index (χ1v) is 9.72. The monoisotopic (exact) mass is 419 g/mol. The van der Waals surface area contributed by atoms with Crippen molar-refractivity contribution in [1.29, 1.82) is 0 Å². The van der Waals surface area contributed by atoms with Crippen LogP contribution in [-0.2, 0) is 9.59 Å². The van der Waals surface area contributed by atoms with E-state index < -0.39 is 11.8 Å². The summed E-state index contributed by atoms with van der Waals surface area (Å²) in [6, 6.07) is 11.6. The number of halogens is 1. The van der Waals surface area contributed by atoms with E-state index in [0.717, 1.165) is 16.7 Å². The van der Waals surface area contributed by atoms with E-state index in [1.807, 2.05) is 0 Å². The Hall–Kier alpha value is -2.48. The lowest BCUT2D eigenvalue weighted by Crippen LogP contribution is -2.31. The number of thioether (sulfide) groups is 1. The number of amides is 2. The van der Waals surface area contributed by atoms with Gasteiger partial charge in [0.2, 0.25) is 0 Å². The molecule has 2 amide bonds. The molecule has 0 aromatic heterocycles. The largest absolute Gasteiger partial charge is 0.497 e. The van der Waals surface area contributed by atoms with E-state index in [0.29, 0.717) is 33.5 Å². The van der Waals surface area contributed by atoms with Crippen molar-refractivity contribution in [2.75, 3.05) is 31.5 Å². The normalized spacial score (nSPS) is 14.1. The Labute approximate surface area is 171 Å². The van der Waals surface area contributed by atoms with Gasteiger partial charge in [0, 0.05) is 16.8 Å². The molecule has 0 fully saturated rings. The third-order valence-corrected chi connectivity index (χ3v) is 5.45. The second kappa shape index (κ2) is 8.68. The van der Waals surface area contributed by atoms with Gasteiger partial charge in [0.05, 0.1) is 37.0 Å². The van der Waals surface area contributed by atoms with E-state index in [1.54, 1.807) is 42.5 Å². The average Bonchev–Trinajstić information content (AvgIpc) is 2.96. The van der Waals surface area contributed by atoms with E-state index in [2.05, 4.69) is 0 Å². The van der Waals surface area contributed by atoms with Gasteiger partial charge in [-0.15, -0.1) is 11.8 Å². The number of hydrogen-bond donors (Lipinski definition) is 1. The van der Waals surface area contributed by atoms with Crippen molar-refractivity contribution in [2.24, 2.45) is 0 Å². The second-order valence-electron chi connectivity index (χ2n) is 5.77. The molecule has 28 heavy (non-hydrogen) atoms. The lowest BCUT2D eigenvalue weighted by atomic mass is 10.1. The number of rotatable bonds is 7. The van der Waals surface area contributed by atoms with Crippen molar-refractivity contribution in [3.05, 3.63) is 58.0 Å². The predicted octanol–water partition coefficient (Wildman–Crippen LogP) is 3.37. The molecule has 2 aromatic carbocycles. The minimum atomic E-state index is -0.462. The molecule has 1 N–H and O–H groups in total. The van der Waals surface area contributed by atoms with Gasteiger partial charge in [-0.3, -0.25) is 9.59 Å². The summed E-state index contributed by atoms with van der Waals surface area (Å²) in [6.07, 6.45) is 0. The topological polar surface area (TPSA) is 76.1 Å². The van der Waals surface area contributed by atoms with E-state index in [1.165, 1.54) is 14.2 Å². The Bertz CT molecular complexity index is 942. The highest BCUT2D eigenvalue weighted by Crippen LogP contribution is 2.42. The van der Waals surface area contributed by atoms with Crippen molar-refractivity contribution >= 4 is 46.4 Å². The molecule has 0 spiro atoms. The number of carbonyl (C=O) groups is 2. The molecule has 1 aliphatic rings. The molecule has 0 radical (unpaired) electrons. The van der Waals surface area contributed by atoms with Crippen LogP contribution in [0.3, 0.4) is 0 Å². The minimum absolute atomic E-state index is 0.116. The Morgan fingerprint density at radius 2 is 1.75 bits per heavy atom. The van der Waals surface area contributed by atoms with Gasteiger partial charge >= 0.3 is 0 Å². The fraction of sp³-hybridized carbons (Fsp3) is 0.200. The highest BCUT2D eigenvalue weighted by Gasteiger charge is 2.41. The highest BCUT2D eigenvalue weighted by atomic mass is 35.5. The SMILES string of the molecule is COc1ccc(N2C(=O)C(SCCO)=C(c3ccc(Cl)cc3)C2=O)c(OC)c1. The number of ether oxygens (including phenoxy) is 2. The van der Waals surface area contributed by atoms with Gasteiger partial charge in [0.15, 0.2) is 0 Å². The van der Waals surface area contributed by atoms with Crippen LogP contribution in [0.1, 0.15) is 5.56 Å². The Kier molecular flexibility index (Phi) is 6.28. The van der Waals surface area contributed by atoms with Gasteiger partial charge in [-0.25, -0.2) is 4.90 Å². The summed E-state index contributed by atoms with van der Waals surface area (Å²) < 4.78 is 10.5. The summed E-state index contributed by atoms with van der Waals surface area (Å²) >= 11 is 7.09. The van der Waals surface area contributed by atoms with Crippen LogP contribution in [-0.4, -0.2) is 43.5 Å². The van der Waals surface area contributed by atoms with Gasteiger partial charge in [0.25, 0.3) is 11.8 Å². The summed E-state index contributed by atoms with van der Waals surface area (Å²) in [6.45, 7) is -0.116. The molecular formula is C20H18ClNO5S. The first-order chi connectivity index (χ1) is 13.5. The Balaban J connectivity index is 2.09. The number of carbonyl (C=O) groups excluding carboxylic acids is 2. The number of hydrogen-bond acceptors (Lipinski definition) is 6. The summed E-state index contributed by atoms with van der Waals surface area (Å²) in [5.41, 5.74) is 1.18. The molecule has 0 unspecified atom stereocenters. The Morgan fingerprint density at radius 3 is 2.36 bits per heavy atom. The van der Waals surface area contributed by atoms with E-state index in [-0.39, 0.29) is 17.1 Å². The molecule has 0 atom stereocenters. The molecule has 2 aromatic rings. The van der Waals surface area contributed by atoms with Crippen molar-refractivity contribution in [3.8, 4) is 11.5 Å². The average molecular weight is 420 g/mol. The van der Waals surface area contributed by atoms with Crippen molar-refractivity contribution in [1.82, 2.24) is 0 Å². The van der Waals surface area contributed by atoms with E-state index in [4.69, 9.17) is 21.1 Å². The number of benzene rings is 2. The second-order valence-corrected chi connectivity index (χ2v) is 7.31. The summed E-state index contributed by atoms with van der Waals surface area (Å²) in [7, 11) is 2.97. The molecule has 146 valence electrons. The van der Waals surface area contributed by atoms with Crippen LogP contribution >= 0.6 is 23.4 Å². The first-order valence-electron chi connectivity index (χ1n) is 8.36. The molecule has 0 aliphatic carbocycles. The van der Waals surface area contributed by atoms with Crippen molar-refractivity contribution < 1.29 is 24.2 Å². The van der Waals surface area contributed by atoms with Crippen LogP contribution in [0.5, 0.6) is 11.5 Å². The lowest BCUT2D eigenvalue weighted by molar-refractivity contribution is -0.119. The highest BCUT2D eigenvalue weighted by molar-refractivity contribution is 8.04. The molecule has 0 bridgehead atoms. The zero-order chi connectivity index (χ0) is 20.3. The third-order valence-electron chi connectivity index (χ3n) is 4.14. The van der Waals surface area contributed by atoms with Crippen LogP contribution in [0, 0.1) is 0 Å². The predicted molar refractivity (Wildman–Crippen MR) is 110 cm³/mol. The van der Waals surface area contributed by atoms with Gasteiger partial charge in [0.1, 0.15) is 11.5 Å². The standard InChI is InChI=1S/C20H18ClNO5S/c1-26-14-7-8-15(16(11-14)27-2)22-19(24)17(12-3-5-13(21)6-4-12)18(20(22)25)28-10-9-23/h3-8,11,23H,9-10H2,1-2H3. The molecule has 8 heteroatoms. The van der Waals surface area contributed by atoms with Gasteiger partial charge in [-0.05, 0) is 29.8 Å². The third kappa shape index (κ3) is 3.73. The Morgan fingerprint density at radius 1 is 1.04 bits per heavy atom. The maximum absolute atomic E-state index is 13.2. The number of methoxy groups -OCH3 is 2. The van der Waals surface area contributed by atoms with Gasteiger partial charge in [-0.1, -0.05) is 23.7 Å². The lowest BCUT2D eigenvalue weighted by Gasteiger charge is -2.19. The fourth-order valence-electron chi connectivity index (χ4n) is 2.85. The molecule has 6 nitrogen and oxygen atoms in total. The molecule has 1 heterocycles. The molecular weight excluding hydrogens is 402 g/mol. The number of imide groups is 1. The minimum Gasteiger partial charge on any atom is -0.497 e. The maximum Gasteiger partial charge on any atom is 0.272 e. The molecule has 3 rings (SSSR count). The quantitative estimate of drug-likeness (QED) is 0.693. The number of aliphatic hydroxyl groups is 1. The molecule has 1 aliphatic heterocycles. The van der Waals surface area contributed by atoms with Gasteiger partial charge in [-0.2, -0.15) is 0 Å². The van der Waals surface area contributed by atoms with Gasteiger partial charge < -0.3 is 14.6 Å². The van der Waals surface area contributed by atoms with Crippen LogP contribution in [0.4, 0.5) is 5.69 Å². The first kappa shape index (κ1) is 20.3. The summed E-state index contributed by atoms with van der Waals surface area (Å²) in [4.78, 5) is 27.7. The van der Waals surface area contributed by atoms with Crippen LogP contribution < -0.4 is 14.4 Å². The van der Waals surface area contributed by atoms with E-state index in [9.17, 15) is 14.7 Å². The fourth-order valence-corrected chi connectivity index (χ4v) is 3.84. The van der Waals surface area contributed by atoms with Crippen molar-refractivity contribution in [3.63, 3.8) is 0 Å².